The summed E-state index contributed by atoms with van der Waals surface area (Å²) in [4.78, 5) is 16.7. The minimum absolute atomic E-state index is 0.185. The van der Waals surface area contributed by atoms with Gasteiger partial charge in [0.05, 0.1) is 6.33 Å². The van der Waals surface area contributed by atoms with E-state index in [0.29, 0.717) is 30.2 Å². The minimum Gasteiger partial charge on any atom is -0.381 e. The van der Waals surface area contributed by atoms with Crippen LogP contribution >= 0.6 is 0 Å². The molecule has 1 aliphatic rings. The fraction of sp³-hybridized carbons (Fsp3) is 0.273. The summed E-state index contributed by atoms with van der Waals surface area (Å²) in [6.45, 7) is 1.37. The van der Waals surface area contributed by atoms with Gasteiger partial charge >= 0.3 is 0 Å². The van der Waals surface area contributed by atoms with Gasteiger partial charge in [0.2, 0.25) is 0 Å². The summed E-state index contributed by atoms with van der Waals surface area (Å²) in [5, 5.41) is 3.13. The number of ether oxygens (including phenoxy) is 1. The van der Waals surface area contributed by atoms with Gasteiger partial charge in [0, 0.05) is 64.3 Å². The van der Waals surface area contributed by atoms with Gasteiger partial charge in [0.1, 0.15) is 0 Å². The van der Waals surface area contributed by atoms with Crippen molar-refractivity contribution in [2.24, 2.45) is 0 Å². The van der Waals surface area contributed by atoms with Crippen molar-refractivity contribution < 1.29 is 13.7 Å². The second kappa shape index (κ2) is 9.15. The van der Waals surface area contributed by atoms with Gasteiger partial charge in [-0.15, -0.1) is 0 Å². The van der Waals surface area contributed by atoms with E-state index in [4.69, 9.17) is 4.74 Å². The van der Waals surface area contributed by atoms with Crippen molar-refractivity contribution in [3.8, 4) is 5.69 Å². The number of aromatic nitrogens is 2. The zero-order valence-corrected chi connectivity index (χ0v) is 16.8. The van der Waals surface area contributed by atoms with E-state index in [1.807, 2.05) is 53.2 Å². The number of hydrogen-bond acceptors (Lipinski definition) is 4. The lowest BCUT2D eigenvalue weighted by molar-refractivity contribution is 0.0991. The van der Waals surface area contributed by atoms with Crippen molar-refractivity contribution in [3.63, 3.8) is 0 Å². The quantitative estimate of drug-likeness (QED) is 0.676. The van der Waals surface area contributed by atoms with Crippen molar-refractivity contribution in [2.45, 2.75) is 23.8 Å². The Balaban J connectivity index is 1.43. The summed E-state index contributed by atoms with van der Waals surface area (Å²) < 4.78 is 19.8. The third kappa shape index (κ3) is 4.99. The summed E-state index contributed by atoms with van der Waals surface area (Å²) >= 11 is 0. The van der Waals surface area contributed by atoms with Crippen molar-refractivity contribution >= 4 is 22.4 Å². The van der Waals surface area contributed by atoms with Crippen LogP contribution in [-0.4, -0.2) is 38.1 Å². The molecule has 150 valence electrons. The zero-order chi connectivity index (χ0) is 20.1. The number of carbonyl (C=O) groups excluding carboxylic acids is 1. The number of nitrogens with one attached hydrogen (secondary N) is 1. The highest BCUT2D eigenvalue weighted by Gasteiger charge is 2.20. The number of carbonyl (C=O) groups is 1. The zero-order valence-electron chi connectivity index (χ0n) is 16.0. The van der Waals surface area contributed by atoms with Crippen molar-refractivity contribution in [1.82, 2.24) is 9.55 Å². The summed E-state index contributed by atoms with van der Waals surface area (Å²) in [7, 11) is -0.936. The van der Waals surface area contributed by atoms with E-state index in [0.717, 1.165) is 24.1 Å². The Morgan fingerprint density at radius 2 is 2.00 bits per heavy atom. The van der Waals surface area contributed by atoms with Crippen molar-refractivity contribution in [2.75, 3.05) is 18.5 Å². The molecule has 0 spiro atoms. The van der Waals surface area contributed by atoms with Crippen LogP contribution in [-0.2, 0) is 21.3 Å². The van der Waals surface area contributed by atoms with Crippen LogP contribution in [0.1, 0.15) is 28.8 Å². The van der Waals surface area contributed by atoms with E-state index in [-0.39, 0.29) is 11.2 Å². The van der Waals surface area contributed by atoms with E-state index in [9.17, 15) is 9.00 Å². The maximum atomic E-state index is 12.7. The predicted molar refractivity (Wildman–Crippen MR) is 114 cm³/mol. The number of anilines is 1. The van der Waals surface area contributed by atoms with E-state index in [2.05, 4.69) is 10.3 Å². The molecule has 3 aromatic rings. The fourth-order valence-corrected chi connectivity index (χ4v) is 4.84. The number of hydrogen-bond donors (Lipinski definition) is 1. The SMILES string of the molecule is O=C(Nc1cccc(CS(=O)C2CCOCC2)c1)c1cccc(-n2ccnc2)c1. The molecule has 2 heterocycles. The average Bonchev–Trinajstić information content (AvgIpc) is 3.30. The molecule has 29 heavy (non-hydrogen) atoms. The molecule has 1 unspecified atom stereocenters. The molecule has 6 nitrogen and oxygen atoms in total. The number of benzene rings is 2. The minimum atomic E-state index is -0.936. The van der Waals surface area contributed by atoms with E-state index in [1.165, 1.54) is 0 Å². The van der Waals surface area contributed by atoms with E-state index >= 15 is 0 Å². The molecule has 1 aromatic heterocycles. The van der Waals surface area contributed by atoms with Gasteiger partial charge in [-0.2, -0.15) is 0 Å². The molecule has 1 atom stereocenters. The molecular weight excluding hydrogens is 386 g/mol. The van der Waals surface area contributed by atoms with Gasteiger partial charge in [-0.25, -0.2) is 4.98 Å². The molecule has 1 aliphatic heterocycles. The van der Waals surface area contributed by atoms with Crippen LogP contribution in [0.4, 0.5) is 5.69 Å². The Morgan fingerprint density at radius 1 is 1.17 bits per heavy atom. The topological polar surface area (TPSA) is 73.2 Å². The van der Waals surface area contributed by atoms with Crippen LogP contribution in [0.2, 0.25) is 0 Å². The molecule has 1 fully saturated rings. The molecule has 1 saturated heterocycles. The molecular formula is C22H23N3O3S. The highest BCUT2D eigenvalue weighted by atomic mass is 32.2. The first kappa shape index (κ1) is 19.5. The third-order valence-corrected chi connectivity index (χ3v) is 6.78. The lowest BCUT2D eigenvalue weighted by atomic mass is 10.1. The Bertz CT molecular complexity index is 998. The van der Waals surface area contributed by atoms with Crippen molar-refractivity contribution in [3.05, 3.63) is 78.4 Å². The molecule has 0 saturated carbocycles. The number of imidazole rings is 1. The summed E-state index contributed by atoms with van der Waals surface area (Å²) in [5.74, 6) is 0.305. The van der Waals surface area contributed by atoms with Gasteiger partial charge in [-0.05, 0) is 48.7 Å². The summed E-state index contributed by atoms with van der Waals surface area (Å²) in [6, 6.07) is 14.9. The Kier molecular flexibility index (Phi) is 6.17. The third-order valence-electron chi connectivity index (χ3n) is 4.94. The predicted octanol–water partition coefficient (Wildman–Crippen LogP) is 3.55. The van der Waals surface area contributed by atoms with Crippen LogP contribution < -0.4 is 5.32 Å². The standard InChI is InChI=1S/C22H23N3O3S/c26-22(18-4-2-6-20(14-18)25-10-9-23-16-25)24-19-5-1-3-17(13-19)15-29(27)21-7-11-28-12-8-21/h1-6,9-10,13-14,16,21H,7-8,11-12,15H2,(H,24,26). The smallest absolute Gasteiger partial charge is 0.255 e. The summed E-state index contributed by atoms with van der Waals surface area (Å²) in [5.41, 5.74) is 3.09. The van der Waals surface area contributed by atoms with Gasteiger partial charge in [-0.1, -0.05) is 18.2 Å². The van der Waals surface area contributed by atoms with Gasteiger partial charge < -0.3 is 14.6 Å². The molecule has 1 N–H and O–H groups in total. The normalized spacial score (nSPS) is 15.7. The molecule has 7 heteroatoms. The molecule has 1 amide bonds. The first-order chi connectivity index (χ1) is 14.2. The molecule has 0 bridgehead atoms. The fourth-order valence-electron chi connectivity index (χ4n) is 3.38. The number of rotatable bonds is 6. The van der Waals surface area contributed by atoms with E-state index in [1.54, 1.807) is 18.6 Å². The highest BCUT2D eigenvalue weighted by Crippen LogP contribution is 2.19. The van der Waals surface area contributed by atoms with Gasteiger partial charge in [-0.3, -0.25) is 9.00 Å². The lowest BCUT2D eigenvalue weighted by Crippen LogP contribution is -2.25. The van der Waals surface area contributed by atoms with E-state index < -0.39 is 10.8 Å². The lowest BCUT2D eigenvalue weighted by Gasteiger charge is -2.21. The number of amides is 1. The van der Waals surface area contributed by atoms with Gasteiger partial charge in [0.15, 0.2) is 0 Å². The molecule has 2 aromatic carbocycles. The maximum absolute atomic E-state index is 12.7. The largest absolute Gasteiger partial charge is 0.381 e. The van der Waals surface area contributed by atoms with Gasteiger partial charge in [0.25, 0.3) is 5.91 Å². The Labute approximate surface area is 172 Å². The highest BCUT2D eigenvalue weighted by molar-refractivity contribution is 7.84. The molecule has 0 radical (unpaired) electrons. The maximum Gasteiger partial charge on any atom is 0.255 e. The first-order valence-corrected chi connectivity index (χ1v) is 11.0. The van der Waals surface area contributed by atoms with Crippen LogP contribution in [0.5, 0.6) is 0 Å². The Hall–Kier alpha value is -2.77. The Morgan fingerprint density at radius 3 is 2.79 bits per heavy atom. The molecule has 0 aliphatic carbocycles. The number of nitrogens with zero attached hydrogens (tertiary/aromatic N) is 2. The second-order valence-corrected chi connectivity index (χ2v) is 8.73. The molecule has 4 rings (SSSR count). The second-order valence-electron chi connectivity index (χ2n) is 7.01. The van der Waals surface area contributed by atoms with Crippen LogP contribution in [0, 0.1) is 0 Å². The van der Waals surface area contributed by atoms with Crippen molar-refractivity contribution in [1.29, 1.82) is 0 Å². The summed E-state index contributed by atoms with van der Waals surface area (Å²) in [6.07, 6.45) is 6.91. The van der Waals surface area contributed by atoms with Crippen LogP contribution in [0.3, 0.4) is 0 Å². The monoisotopic (exact) mass is 409 g/mol. The average molecular weight is 410 g/mol. The van der Waals surface area contributed by atoms with Crippen LogP contribution in [0.25, 0.3) is 5.69 Å². The van der Waals surface area contributed by atoms with Crippen LogP contribution in [0.15, 0.2) is 67.3 Å². The first-order valence-electron chi connectivity index (χ1n) is 9.63.